The zero-order chi connectivity index (χ0) is 17.0. The maximum absolute atomic E-state index is 11.5. The Morgan fingerprint density at radius 1 is 1.33 bits per heavy atom. The molecule has 5 nitrogen and oxygen atoms in total. The Morgan fingerprint density at radius 3 is 2.92 bits per heavy atom. The van der Waals surface area contributed by atoms with Crippen LogP contribution < -0.4 is 10.1 Å². The fraction of sp³-hybridized carbons (Fsp3) is 0.353. The summed E-state index contributed by atoms with van der Waals surface area (Å²) in [4.78, 5) is 4.07. The highest BCUT2D eigenvalue weighted by atomic mass is 35.5. The maximum Gasteiger partial charge on any atom is 0.151 e. The number of sulfone groups is 1. The average molecular weight is 367 g/mol. The number of hydrogen-bond acceptors (Lipinski definition) is 5. The summed E-state index contributed by atoms with van der Waals surface area (Å²) in [5.41, 5.74) is 1.89. The summed E-state index contributed by atoms with van der Waals surface area (Å²) < 4.78 is 29.0. The van der Waals surface area contributed by atoms with E-state index in [4.69, 9.17) is 16.3 Å². The number of rotatable bonds is 6. The summed E-state index contributed by atoms with van der Waals surface area (Å²) in [6.45, 7) is 0.934. The Morgan fingerprint density at radius 2 is 2.21 bits per heavy atom. The van der Waals surface area contributed by atoms with Crippen LogP contribution in [0.1, 0.15) is 17.5 Å². The third-order valence-electron chi connectivity index (χ3n) is 3.95. The fourth-order valence-corrected chi connectivity index (χ4v) is 4.58. The zero-order valence-electron chi connectivity index (χ0n) is 13.1. The van der Waals surface area contributed by atoms with Gasteiger partial charge in [-0.2, -0.15) is 0 Å². The van der Waals surface area contributed by atoms with Gasteiger partial charge in [0.05, 0.1) is 11.5 Å². The molecule has 1 aliphatic heterocycles. The topological polar surface area (TPSA) is 68.3 Å². The van der Waals surface area contributed by atoms with Gasteiger partial charge in [-0.3, -0.25) is 4.98 Å². The van der Waals surface area contributed by atoms with E-state index in [2.05, 4.69) is 10.3 Å². The summed E-state index contributed by atoms with van der Waals surface area (Å²) in [6.07, 6.45) is 4.13. The molecule has 3 rings (SSSR count). The highest BCUT2D eigenvalue weighted by Gasteiger charge is 2.27. The maximum atomic E-state index is 11.5. The highest BCUT2D eigenvalue weighted by molar-refractivity contribution is 7.91. The molecule has 0 unspecified atom stereocenters. The van der Waals surface area contributed by atoms with E-state index in [9.17, 15) is 8.42 Å². The lowest BCUT2D eigenvalue weighted by Crippen LogP contribution is -2.29. The predicted octanol–water partition coefficient (Wildman–Crippen LogP) is 2.59. The smallest absolute Gasteiger partial charge is 0.151 e. The molecule has 0 aliphatic carbocycles. The van der Waals surface area contributed by atoms with Crippen molar-refractivity contribution < 1.29 is 13.2 Å². The summed E-state index contributed by atoms with van der Waals surface area (Å²) >= 11 is 6.09. The minimum atomic E-state index is -2.89. The van der Waals surface area contributed by atoms with E-state index >= 15 is 0 Å². The SMILES string of the molecule is O=S1(=O)CC[C@@H](NCc2cc(Cl)ccc2OCc2cccnc2)C1. The molecule has 0 amide bonds. The molecule has 0 saturated carbocycles. The van der Waals surface area contributed by atoms with Crippen LogP contribution in [0.2, 0.25) is 5.02 Å². The molecule has 1 N–H and O–H groups in total. The zero-order valence-corrected chi connectivity index (χ0v) is 14.7. The molecular formula is C17H19ClN2O3S. The van der Waals surface area contributed by atoms with Gasteiger partial charge in [0.1, 0.15) is 12.4 Å². The number of halogens is 1. The molecule has 24 heavy (non-hydrogen) atoms. The van der Waals surface area contributed by atoms with Crippen LogP contribution in [0.15, 0.2) is 42.7 Å². The van der Waals surface area contributed by atoms with Crippen LogP contribution in [0, 0.1) is 0 Å². The normalized spacial score (nSPS) is 19.3. The summed E-state index contributed by atoms with van der Waals surface area (Å²) in [5, 5.41) is 3.91. The van der Waals surface area contributed by atoms with Crippen LogP contribution in [0.4, 0.5) is 0 Å². The van der Waals surface area contributed by atoms with Crippen molar-refractivity contribution in [2.24, 2.45) is 0 Å². The molecule has 2 aromatic rings. The van der Waals surface area contributed by atoms with Gasteiger partial charge in [0.15, 0.2) is 9.84 Å². The van der Waals surface area contributed by atoms with Gasteiger partial charge in [0.2, 0.25) is 0 Å². The second-order valence-corrected chi connectivity index (χ2v) is 8.55. The quantitative estimate of drug-likeness (QED) is 0.851. The summed E-state index contributed by atoms with van der Waals surface area (Å²) in [6, 6.07) is 9.26. The molecule has 1 aromatic carbocycles. The van der Waals surface area contributed by atoms with Gasteiger partial charge in [-0.05, 0) is 30.7 Å². The molecule has 7 heteroatoms. The van der Waals surface area contributed by atoms with E-state index in [1.807, 2.05) is 24.3 Å². The highest BCUT2D eigenvalue weighted by Crippen LogP contribution is 2.24. The molecule has 1 aromatic heterocycles. The second-order valence-electron chi connectivity index (χ2n) is 5.88. The lowest BCUT2D eigenvalue weighted by atomic mass is 10.1. The minimum Gasteiger partial charge on any atom is -0.489 e. The number of aromatic nitrogens is 1. The number of hydrogen-bond donors (Lipinski definition) is 1. The molecular weight excluding hydrogens is 348 g/mol. The molecule has 1 aliphatic rings. The van der Waals surface area contributed by atoms with Gasteiger partial charge < -0.3 is 10.1 Å². The lowest BCUT2D eigenvalue weighted by molar-refractivity contribution is 0.301. The Labute approximate surface area is 146 Å². The molecule has 0 spiro atoms. The molecule has 128 valence electrons. The van der Waals surface area contributed by atoms with Crippen LogP contribution in [0.5, 0.6) is 5.75 Å². The Bertz CT molecular complexity index is 797. The van der Waals surface area contributed by atoms with E-state index in [-0.39, 0.29) is 17.5 Å². The van der Waals surface area contributed by atoms with Crippen molar-refractivity contribution in [2.75, 3.05) is 11.5 Å². The van der Waals surface area contributed by atoms with Crippen molar-refractivity contribution in [3.63, 3.8) is 0 Å². The van der Waals surface area contributed by atoms with E-state index in [1.54, 1.807) is 18.5 Å². The van der Waals surface area contributed by atoms with Gasteiger partial charge in [-0.25, -0.2) is 8.42 Å². The van der Waals surface area contributed by atoms with Gasteiger partial charge >= 0.3 is 0 Å². The van der Waals surface area contributed by atoms with Gasteiger partial charge in [-0.15, -0.1) is 0 Å². The standard InChI is InChI=1S/C17H19ClN2O3S/c18-15-3-4-17(23-11-13-2-1-6-19-9-13)14(8-15)10-20-16-5-7-24(21,22)12-16/h1-4,6,8-9,16,20H,5,7,10-12H2/t16-/m1/s1. The van der Waals surface area contributed by atoms with E-state index in [0.29, 0.717) is 24.6 Å². The Balaban J connectivity index is 1.64. The van der Waals surface area contributed by atoms with Crippen molar-refractivity contribution in [3.8, 4) is 5.75 Å². The average Bonchev–Trinajstić information content (AvgIpc) is 2.92. The Kier molecular flexibility index (Phi) is 5.38. The largest absolute Gasteiger partial charge is 0.489 e. The third kappa shape index (κ3) is 4.69. The van der Waals surface area contributed by atoms with Crippen molar-refractivity contribution >= 4 is 21.4 Å². The first kappa shape index (κ1) is 17.2. The van der Waals surface area contributed by atoms with Crippen LogP contribution in [-0.2, 0) is 23.0 Å². The van der Waals surface area contributed by atoms with Crippen molar-refractivity contribution in [3.05, 3.63) is 58.9 Å². The lowest BCUT2D eigenvalue weighted by Gasteiger charge is -2.15. The van der Waals surface area contributed by atoms with Gasteiger partial charge in [-0.1, -0.05) is 17.7 Å². The first-order chi connectivity index (χ1) is 11.5. The minimum absolute atomic E-state index is 0.0137. The predicted molar refractivity (Wildman–Crippen MR) is 93.9 cm³/mol. The van der Waals surface area contributed by atoms with Crippen LogP contribution in [0.3, 0.4) is 0 Å². The monoisotopic (exact) mass is 366 g/mol. The van der Waals surface area contributed by atoms with Gasteiger partial charge in [0, 0.05) is 41.1 Å². The van der Waals surface area contributed by atoms with E-state index in [1.165, 1.54) is 0 Å². The molecule has 0 radical (unpaired) electrons. The molecule has 1 atom stereocenters. The number of benzene rings is 1. The molecule has 0 bridgehead atoms. The first-order valence-corrected chi connectivity index (χ1v) is 9.96. The van der Waals surface area contributed by atoms with E-state index in [0.717, 1.165) is 16.9 Å². The third-order valence-corrected chi connectivity index (χ3v) is 5.96. The van der Waals surface area contributed by atoms with E-state index < -0.39 is 9.84 Å². The van der Waals surface area contributed by atoms with Crippen molar-refractivity contribution in [1.82, 2.24) is 10.3 Å². The number of pyridine rings is 1. The fourth-order valence-electron chi connectivity index (χ4n) is 2.68. The molecule has 1 saturated heterocycles. The molecule has 1 fully saturated rings. The van der Waals surface area contributed by atoms with Crippen molar-refractivity contribution in [1.29, 1.82) is 0 Å². The van der Waals surface area contributed by atoms with Crippen LogP contribution in [-0.4, -0.2) is 30.9 Å². The van der Waals surface area contributed by atoms with Crippen LogP contribution >= 0.6 is 11.6 Å². The first-order valence-electron chi connectivity index (χ1n) is 7.76. The molecule has 2 heterocycles. The summed E-state index contributed by atoms with van der Waals surface area (Å²) in [7, 11) is -2.89. The number of nitrogens with one attached hydrogen (secondary N) is 1. The summed E-state index contributed by atoms with van der Waals surface area (Å²) in [5.74, 6) is 1.18. The second kappa shape index (κ2) is 7.51. The number of nitrogens with zero attached hydrogens (tertiary/aromatic N) is 1. The van der Waals surface area contributed by atoms with Gasteiger partial charge in [0.25, 0.3) is 0 Å². The Hall–Kier alpha value is -1.63. The van der Waals surface area contributed by atoms with Crippen molar-refractivity contribution in [2.45, 2.75) is 25.6 Å². The number of ether oxygens (including phenoxy) is 1. The van der Waals surface area contributed by atoms with Crippen LogP contribution in [0.25, 0.3) is 0 Å².